The van der Waals surface area contributed by atoms with E-state index in [2.05, 4.69) is 5.10 Å². The number of benzene rings is 1. The van der Waals surface area contributed by atoms with Crippen molar-refractivity contribution in [2.45, 2.75) is 0 Å². The van der Waals surface area contributed by atoms with Crippen LogP contribution in [-0.2, 0) is 0 Å². The van der Waals surface area contributed by atoms with Gasteiger partial charge in [-0.1, -0.05) is 11.6 Å². The first-order valence-corrected chi connectivity index (χ1v) is 4.59. The average molecular weight is 219 g/mol. The minimum absolute atomic E-state index is 0.419. The number of anilines is 1. The van der Waals surface area contributed by atoms with Crippen LogP contribution in [0.5, 0.6) is 0 Å². The number of nitrogens with two attached hydrogens (primary N) is 1. The molecule has 0 aliphatic carbocycles. The third-order valence-corrected chi connectivity index (χ3v) is 2.28. The lowest BCUT2D eigenvalue weighted by atomic mass is 10.3. The molecule has 0 saturated carbocycles. The minimum atomic E-state index is 0.419. The van der Waals surface area contributed by atoms with E-state index in [-0.39, 0.29) is 0 Å². The van der Waals surface area contributed by atoms with Crippen molar-refractivity contribution < 1.29 is 0 Å². The summed E-state index contributed by atoms with van der Waals surface area (Å²) >= 11 is 5.99. The second-order valence-corrected chi connectivity index (χ2v) is 3.36. The first kappa shape index (κ1) is 9.56. The lowest BCUT2D eigenvalue weighted by Crippen LogP contribution is -2.01. The fraction of sp³-hybridized carbons (Fsp3) is 0. The molecule has 74 valence electrons. The van der Waals surface area contributed by atoms with E-state index in [0.29, 0.717) is 22.1 Å². The summed E-state index contributed by atoms with van der Waals surface area (Å²) in [6, 6.07) is 8.68. The Kier molecular flexibility index (Phi) is 2.32. The van der Waals surface area contributed by atoms with Crippen LogP contribution in [-0.4, -0.2) is 9.78 Å². The van der Waals surface area contributed by atoms with E-state index >= 15 is 0 Å². The second kappa shape index (κ2) is 3.64. The van der Waals surface area contributed by atoms with Gasteiger partial charge in [-0.2, -0.15) is 10.4 Å². The largest absolute Gasteiger partial charge is 0.399 e. The molecule has 2 aromatic rings. The van der Waals surface area contributed by atoms with Crippen molar-refractivity contribution in [2.75, 3.05) is 5.73 Å². The molecule has 4 nitrogen and oxygen atoms in total. The third-order valence-electron chi connectivity index (χ3n) is 1.96. The number of halogens is 1. The van der Waals surface area contributed by atoms with E-state index in [1.54, 1.807) is 24.3 Å². The maximum absolute atomic E-state index is 8.84. The molecule has 0 unspecified atom stereocenters. The average Bonchev–Trinajstić information content (AvgIpc) is 2.69. The number of rotatable bonds is 1. The fourth-order valence-electron chi connectivity index (χ4n) is 1.27. The molecule has 1 aromatic carbocycles. The van der Waals surface area contributed by atoms with Crippen molar-refractivity contribution >= 4 is 17.3 Å². The molecule has 1 heterocycles. The normalized spacial score (nSPS) is 9.87. The number of nitrogens with zero attached hydrogens (tertiary/aromatic N) is 3. The van der Waals surface area contributed by atoms with E-state index < -0.39 is 0 Å². The predicted molar refractivity (Wildman–Crippen MR) is 57.7 cm³/mol. The highest BCUT2D eigenvalue weighted by Gasteiger charge is 2.08. The lowest BCUT2D eigenvalue weighted by molar-refractivity contribution is 0.867. The molecule has 0 amide bonds. The predicted octanol–water partition coefficient (Wildman–Crippen LogP) is 1.98. The smallest absolute Gasteiger partial charge is 0.144 e. The molecule has 1 aromatic heterocycles. The fourth-order valence-corrected chi connectivity index (χ4v) is 1.47. The van der Waals surface area contributed by atoms with Crippen molar-refractivity contribution in [1.29, 1.82) is 5.26 Å². The summed E-state index contributed by atoms with van der Waals surface area (Å²) in [7, 11) is 0. The lowest BCUT2D eigenvalue weighted by Gasteiger charge is -2.06. The zero-order valence-corrected chi connectivity index (χ0v) is 8.44. The van der Waals surface area contributed by atoms with E-state index in [1.807, 2.05) is 6.07 Å². The molecule has 2 N–H and O–H groups in total. The van der Waals surface area contributed by atoms with Crippen LogP contribution in [0, 0.1) is 11.3 Å². The van der Waals surface area contributed by atoms with E-state index in [1.165, 1.54) is 10.9 Å². The minimum Gasteiger partial charge on any atom is -0.399 e. The Morgan fingerprint density at radius 1 is 1.40 bits per heavy atom. The van der Waals surface area contributed by atoms with Gasteiger partial charge in [0.2, 0.25) is 0 Å². The molecule has 0 saturated heterocycles. The van der Waals surface area contributed by atoms with E-state index in [9.17, 15) is 0 Å². The van der Waals surface area contributed by atoms with Crippen LogP contribution >= 0.6 is 11.6 Å². The van der Waals surface area contributed by atoms with Crippen molar-refractivity contribution in [3.8, 4) is 11.8 Å². The molecule has 0 atom stereocenters. The SMILES string of the molecule is N#Cc1ccnn1-c1cc(N)ccc1Cl. The van der Waals surface area contributed by atoms with Crippen molar-refractivity contribution in [3.63, 3.8) is 0 Å². The number of nitriles is 1. The van der Waals surface area contributed by atoms with Gasteiger partial charge in [-0.3, -0.25) is 0 Å². The third kappa shape index (κ3) is 1.65. The maximum atomic E-state index is 8.84. The van der Waals surface area contributed by atoms with Crippen LogP contribution in [0.25, 0.3) is 5.69 Å². The molecule has 0 fully saturated rings. The van der Waals surface area contributed by atoms with Gasteiger partial charge in [0, 0.05) is 5.69 Å². The molecule has 0 radical (unpaired) electrons. The first-order valence-electron chi connectivity index (χ1n) is 4.22. The molecule has 15 heavy (non-hydrogen) atoms. The molecule has 0 aliphatic rings. The Bertz CT molecular complexity index is 539. The highest BCUT2D eigenvalue weighted by Crippen LogP contribution is 2.23. The van der Waals surface area contributed by atoms with Crippen LogP contribution in [0.3, 0.4) is 0 Å². The Morgan fingerprint density at radius 2 is 2.20 bits per heavy atom. The van der Waals surface area contributed by atoms with Gasteiger partial charge >= 0.3 is 0 Å². The molecule has 0 aliphatic heterocycles. The Balaban J connectivity index is 2.64. The standard InChI is InChI=1S/C10H7ClN4/c11-9-2-1-7(13)5-10(9)15-8(6-12)3-4-14-15/h1-5H,13H2. The van der Waals surface area contributed by atoms with Crippen LogP contribution < -0.4 is 5.73 Å². The summed E-state index contributed by atoms with van der Waals surface area (Å²) in [5.74, 6) is 0. The molecule has 0 bridgehead atoms. The summed E-state index contributed by atoms with van der Waals surface area (Å²) in [5, 5.41) is 13.4. The number of aromatic nitrogens is 2. The molecular formula is C10H7ClN4. The zero-order chi connectivity index (χ0) is 10.8. The molecule has 2 rings (SSSR count). The maximum Gasteiger partial charge on any atom is 0.144 e. The zero-order valence-electron chi connectivity index (χ0n) is 7.68. The van der Waals surface area contributed by atoms with Crippen LogP contribution in [0.1, 0.15) is 5.69 Å². The Labute approximate surface area is 91.5 Å². The topological polar surface area (TPSA) is 67.6 Å². The van der Waals surface area contributed by atoms with Gasteiger partial charge < -0.3 is 5.73 Å². The highest BCUT2D eigenvalue weighted by molar-refractivity contribution is 6.32. The molecule has 5 heteroatoms. The monoisotopic (exact) mass is 218 g/mol. The van der Waals surface area contributed by atoms with Crippen molar-refractivity contribution in [2.24, 2.45) is 0 Å². The number of hydrogen-bond acceptors (Lipinski definition) is 3. The number of hydrogen-bond donors (Lipinski definition) is 1. The van der Waals surface area contributed by atoms with Crippen LogP contribution in [0.4, 0.5) is 5.69 Å². The second-order valence-electron chi connectivity index (χ2n) is 2.95. The van der Waals surface area contributed by atoms with Crippen LogP contribution in [0.2, 0.25) is 5.02 Å². The van der Waals surface area contributed by atoms with Gasteiger partial charge in [-0.25, -0.2) is 4.68 Å². The van der Waals surface area contributed by atoms with Crippen LogP contribution in [0.15, 0.2) is 30.5 Å². The summed E-state index contributed by atoms with van der Waals surface area (Å²) in [4.78, 5) is 0. The quantitative estimate of drug-likeness (QED) is 0.745. The Morgan fingerprint density at radius 3 is 2.93 bits per heavy atom. The summed E-state index contributed by atoms with van der Waals surface area (Å²) in [6.07, 6.45) is 1.54. The highest BCUT2D eigenvalue weighted by atomic mass is 35.5. The first-order chi connectivity index (χ1) is 7.22. The van der Waals surface area contributed by atoms with Gasteiger partial charge in [0.05, 0.1) is 16.9 Å². The van der Waals surface area contributed by atoms with Gasteiger partial charge in [0.15, 0.2) is 0 Å². The van der Waals surface area contributed by atoms with E-state index in [4.69, 9.17) is 22.6 Å². The van der Waals surface area contributed by atoms with Gasteiger partial charge in [0.25, 0.3) is 0 Å². The summed E-state index contributed by atoms with van der Waals surface area (Å²) in [6.45, 7) is 0. The Hall–Kier alpha value is -1.99. The summed E-state index contributed by atoms with van der Waals surface area (Å²) in [5.41, 5.74) is 7.25. The van der Waals surface area contributed by atoms with Crippen molar-refractivity contribution in [1.82, 2.24) is 9.78 Å². The van der Waals surface area contributed by atoms with Gasteiger partial charge in [-0.05, 0) is 24.3 Å². The van der Waals surface area contributed by atoms with Gasteiger partial charge in [0.1, 0.15) is 11.8 Å². The molecule has 0 spiro atoms. The molecular weight excluding hydrogens is 212 g/mol. The van der Waals surface area contributed by atoms with Crippen molar-refractivity contribution in [3.05, 3.63) is 41.2 Å². The summed E-state index contributed by atoms with van der Waals surface area (Å²) < 4.78 is 1.46. The van der Waals surface area contributed by atoms with E-state index in [0.717, 1.165) is 0 Å². The number of nitrogen functional groups attached to an aromatic ring is 1. The van der Waals surface area contributed by atoms with Gasteiger partial charge in [-0.15, -0.1) is 0 Å².